The first-order valence-electron chi connectivity index (χ1n) is 6.90. The third-order valence-electron chi connectivity index (χ3n) is 4.14. The lowest BCUT2D eigenvalue weighted by atomic mass is 10.1. The van der Waals surface area contributed by atoms with Gasteiger partial charge in [0, 0.05) is 44.3 Å². The first-order valence-corrected chi connectivity index (χ1v) is 6.90. The number of carbonyl (C=O) groups excluding carboxylic acids is 1. The minimum absolute atomic E-state index is 0.138. The monoisotopic (exact) mass is 253 g/mol. The van der Waals surface area contributed by atoms with Crippen LogP contribution < -0.4 is 5.32 Å². The molecule has 2 bridgehead atoms. The summed E-state index contributed by atoms with van der Waals surface area (Å²) in [5.41, 5.74) is -0.392. The van der Waals surface area contributed by atoms with Gasteiger partial charge in [-0.1, -0.05) is 0 Å². The van der Waals surface area contributed by atoms with E-state index in [1.54, 1.807) is 0 Å². The molecule has 3 rings (SSSR count). The molecule has 18 heavy (non-hydrogen) atoms. The molecular weight excluding hydrogens is 230 g/mol. The van der Waals surface area contributed by atoms with Crippen LogP contribution in [-0.2, 0) is 4.74 Å². The van der Waals surface area contributed by atoms with Gasteiger partial charge in [0.05, 0.1) is 0 Å². The molecule has 0 aromatic rings. The van der Waals surface area contributed by atoms with Crippen LogP contribution in [0.25, 0.3) is 0 Å². The Balaban J connectivity index is 1.58. The highest BCUT2D eigenvalue weighted by Gasteiger charge is 2.49. The second-order valence-electron chi connectivity index (χ2n) is 6.68. The van der Waals surface area contributed by atoms with Crippen LogP contribution in [0, 0.1) is 0 Å². The zero-order valence-corrected chi connectivity index (χ0v) is 11.5. The van der Waals surface area contributed by atoms with E-state index in [2.05, 4.69) is 10.2 Å². The zero-order valence-electron chi connectivity index (χ0n) is 11.5. The van der Waals surface area contributed by atoms with Crippen molar-refractivity contribution in [2.24, 2.45) is 0 Å². The van der Waals surface area contributed by atoms with Crippen LogP contribution in [0.1, 0.15) is 27.2 Å². The average Bonchev–Trinajstić information content (AvgIpc) is 2.70. The third-order valence-corrected chi connectivity index (χ3v) is 4.14. The molecule has 1 N–H and O–H groups in total. The highest BCUT2D eigenvalue weighted by molar-refractivity contribution is 5.69. The number of ether oxygens (including phenoxy) is 1. The molecule has 0 saturated carbocycles. The molecule has 0 aliphatic carbocycles. The minimum Gasteiger partial charge on any atom is -0.444 e. The van der Waals surface area contributed by atoms with Gasteiger partial charge in [-0.15, -0.1) is 0 Å². The van der Waals surface area contributed by atoms with E-state index in [1.807, 2.05) is 25.7 Å². The van der Waals surface area contributed by atoms with Crippen molar-refractivity contribution in [1.82, 2.24) is 15.1 Å². The summed E-state index contributed by atoms with van der Waals surface area (Å²) in [5.74, 6) is 0. The van der Waals surface area contributed by atoms with Gasteiger partial charge >= 0.3 is 6.09 Å². The van der Waals surface area contributed by atoms with Gasteiger partial charge in [0.25, 0.3) is 0 Å². The van der Waals surface area contributed by atoms with Crippen LogP contribution >= 0.6 is 0 Å². The largest absolute Gasteiger partial charge is 0.444 e. The van der Waals surface area contributed by atoms with E-state index in [-0.39, 0.29) is 6.09 Å². The Hall–Kier alpha value is -0.810. The van der Waals surface area contributed by atoms with E-state index in [4.69, 9.17) is 4.74 Å². The summed E-state index contributed by atoms with van der Waals surface area (Å²) in [6.45, 7) is 9.85. The first-order chi connectivity index (χ1) is 8.44. The van der Waals surface area contributed by atoms with E-state index in [1.165, 1.54) is 0 Å². The van der Waals surface area contributed by atoms with Gasteiger partial charge in [0.15, 0.2) is 0 Å². The molecular formula is C13H23N3O2. The maximum absolute atomic E-state index is 12.1. The molecule has 0 radical (unpaired) electrons. The average molecular weight is 253 g/mol. The van der Waals surface area contributed by atoms with E-state index in [0.29, 0.717) is 18.1 Å². The summed E-state index contributed by atoms with van der Waals surface area (Å²) in [6, 6.07) is 1.61. The summed E-state index contributed by atoms with van der Waals surface area (Å²) < 4.78 is 5.47. The quantitative estimate of drug-likeness (QED) is 0.745. The molecule has 5 heteroatoms. The number of nitrogens with one attached hydrogen (secondary N) is 1. The number of nitrogens with zero attached hydrogens (tertiary/aromatic N) is 2. The van der Waals surface area contributed by atoms with E-state index in [0.717, 1.165) is 32.6 Å². The Bertz CT molecular complexity index is 349. The normalized spacial score (nSPS) is 32.7. The van der Waals surface area contributed by atoms with Gasteiger partial charge in [-0.25, -0.2) is 4.79 Å². The first kappa shape index (κ1) is 12.2. The Morgan fingerprint density at radius 3 is 2.33 bits per heavy atom. The molecule has 0 unspecified atom stereocenters. The lowest BCUT2D eigenvalue weighted by molar-refractivity contribution is 0.00598. The highest BCUT2D eigenvalue weighted by atomic mass is 16.6. The van der Waals surface area contributed by atoms with Crippen LogP contribution in [0.3, 0.4) is 0 Å². The minimum atomic E-state index is -0.392. The lowest BCUT2D eigenvalue weighted by Gasteiger charge is -2.43. The molecule has 0 aromatic heterocycles. The number of fused-ring (bicyclic) bond motifs is 2. The molecule has 0 spiro atoms. The van der Waals surface area contributed by atoms with Crippen LogP contribution in [0.4, 0.5) is 4.79 Å². The Labute approximate surface area is 108 Å². The summed E-state index contributed by atoms with van der Waals surface area (Å²) in [5, 5.41) is 3.32. The Kier molecular flexibility index (Phi) is 2.79. The van der Waals surface area contributed by atoms with Gasteiger partial charge in [-0.2, -0.15) is 0 Å². The molecule has 1 amide bonds. The number of hydrogen-bond acceptors (Lipinski definition) is 4. The van der Waals surface area contributed by atoms with Crippen molar-refractivity contribution < 1.29 is 9.53 Å². The maximum atomic E-state index is 12.1. The van der Waals surface area contributed by atoms with Gasteiger partial charge < -0.3 is 15.0 Å². The van der Waals surface area contributed by atoms with Crippen molar-refractivity contribution in [2.45, 2.75) is 50.9 Å². The Morgan fingerprint density at radius 1 is 1.17 bits per heavy atom. The predicted molar refractivity (Wildman–Crippen MR) is 68.5 cm³/mol. The molecule has 3 aliphatic heterocycles. The summed E-state index contributed by atoms with van der Waals surface area (Å²) >= 11 is 0. The third kappa shape index (κ3) is 2.10. The summed E-state index contributed by atoms with van der Waals surface area (Å²) in [7, 11) is 0. The van der Waals surface area contributed by atoms with E-state index < -0.39 is 5.60 Å². The predicted octanol–water partition coefficient (Wildman–Crippen LogP) is 0.652. The number of amides is 1. The van der Waals surface area contributed by atoms with Crippen molar-refractivity contribution in [1.29, 1.82) is 0 Å². The summed E-state index contributed by atoms with van der Waals surface area (Å²) in [4.78, 5) is 16.6. The second-order valence-corrected chi connectivity index (χ2v) is 6.68. The van der Waals surface area contributed by atoms with Crippen LogP contribution in [0.5, 0.6) is 0 Å². The van der Waals surface area contributed by atoms with Gasteiger partial charge in [0.1, 0.15) is 5.60 Å². The molecule has 5 nitrogen and oxygen atoms in total. The molecule has 3 aliphatic rings. The number of likely N-dealkylation sites (tertiary alicyclic amines) is 2. The molecule has 3 fully saturated rings. The van der Waals surface area contributed by atoms with E-state index in [9.17, 15) is 4.79 Å². The number of piperazine rings is 1. The van der Waals surface area contributed by atoms with Crippen molar-refractivity contribution >= 4 is 6.09 Å². The fourth-order valence-corrected chi connectivity index (χ4v) is 3.20. The number of carbonyl (C=O) groups is 1. The molecule has 2 atom stereocenters. The van der Waals surface area contributed by atoms with Gasteiger partial charge in [-0.05, 0) is 27.2 Å². The summed E-state index contributed by atoms with van der Waals surface area (Å²) in [6.07, 6.45) is 0.983. The molecule has 102 valence electrons. The van der Waals surface area contributed by atoms with Crippen molar-refractivity contribution in [3.63, 3.8) is 0 Å². The number of rotatable bonds is 1. The van der Waals surface area contributed by atoms with Gasteiger partial charge in [0.2, 0.25) is 0 Å². The fourth-order valence-electron chi connectivity index (χ4n) is 3.20. The standard InChI is InChI=1S/C13H23N3O2/c1-13(2,3)18-12(17)16-8-9-4-10(16)7-15(9)11-5-14-6-11/h9-11,14H,4-8H2,1-3H3/t9-,10-/m0/s1. The van der Waals surface area contributed by atoms with Crippen molar-refractivity contribution in [3.05, 3.63) is 0 Å². The SMILES string of the molecule is CC(C)(C)OC(=O)N1C[C@@H]2C[C@H]1CN2C1CNC1. The van der Waals surface area contributed by atoms with Crippen LogP contribution in [0.2, 0.25) is 0 Å². The van der Waals surface area contributed by atoms with Crippen molar-refractivity contribution in [3.8, 4) is 0 Å². The molecule has 3 saturated heterocycles. The molecule has 3 heterocycles. The highest BCUT2D eigenvalue weighted by Crippen LogP contribution is 2.33. The van der Waals surface area contributed by atoms with Crippen molar-refractivity contribution in [2.75, 3.05) is 26.2 Å². The molecule has 0 aromatic carbocycles. The van der Waals surface area contributed by atoms with Gasteiger partial charge in [-0.3, -0.25) is 4.90 Å². The second kappa shape index (κ2) is 4.10. The fraction of sp³-hybridized carbons (Fsp3) is 0.923. The van der Waals surface area contributed by atoms with Crippen LogP contribution in [0.15, 0.2) is 0 Å². The van der Waals surface area contributed by atoms with E-state index >= 15 is 0 Å². The lowest BCUT2D eigenvalue weighted by Crippen LogP contribution is -2.62. The maximum Gasteiger partial charge on any atom is 0.410 e. The van der Waals surface area contributed by atoms with Crippen LogP contribution in [-0.4, -0.2) is 65.8 Å². The Morgan fingerprint density at radius 2 is 1.89 bits per heavy atom. The topological polar surface area (TPSA) is 44.8 Å². The zero-order chi connectivity index (χ0) is 12.9. The number of hydrogen-bond donors (Lipinski definition) is 1. The smallest absolute Gasteiger partial charge is 0.410 e.